The van der Waals surface area contributed by atoms with Gasteiger partial charge < -0.3 is 5.32 Å². The first-order valence-corrected chi connectivity index (χ1v) is 10.3. The van der Waals surface area contributed by atoms with Gasteiger partial charge in [-0.1, -0.05) is 30.3 Å². The highest BCUT2D eigenvalue weighted by atomic mass is 35.5. The molecule has 1 aliphatic rings. The average Bonchev–Trinajstić information content (AvgIpc) is 3.02. The highest BCUT2D eigenvalue weighted by Gasteiger charge is 2.26. The number of benzene rings is 2. The highest BCUT2D eigenvalue weighted by Crippen LogP contribution is 2.32. The van der Waals surface area contributed by atoms with Gasteiger partial charge in [0.05, 0.1) is 17.0 Å². The predicted octanol–water partition coefficient (Wildman–Crippen LogP) is 3.44. The van der Waals surface area contributed by atoms with E-state index in [4.69, 9.17) is 0 Å². The summed E-state index contributed by atoms with van der Waals surface area (Å²) in [5.74, 6) is -0.463. The van der Waals surface area contributed by atoms with E-state index in [1.807, 2.05) is 6.07 Å². The van der Waals surface area contributed by atoms with E-state index in [0.717, 1.165) is 41.1 Å². The fourth-order valence-corrected chi connectivity index (χ4v) is 4.94. The predicted molar refractivity (Wildman–Crippen MR) is 106 cm³/mol. The fraction of sp³-hybridized carbons (Fsp3) is 0.316. The van der Waals surface area contributed by atoms with Gasteiger partial charge in [0.15, 0.2) is 0 Å². The van der Waals surface area contributed by atoms with Crippen molar-refractivity contribution in [2.45, 2.75) is 24.5 Å². The Bertz CT molecular complexity index is 1030. The van der Waals surface area contributed by atoms with Crippen LogP contribution in [0, 0.1) is 5.82 Å². The van der Waals surface area contributed by atoms with Gasteiger partial charge >= 0.3 is 0 Å². The average molecular weight is 410 g/mol. The third-order valence-electron chi connectivity index (χ3n) is 4.82. The number of nitrogens with one attached hydrogen (secondary N) is 1. The molecule has 0 bridgehead atoms. The summed E-state index contributed by atoms with van der Waals surface area (Å²) in [6.45, 7) is 1.74. The van der Waals surface area contributed by atoms with Crippen LogP contribution >= 0.6 is 12.4 Å². The fourth-order valence-electron chi connectivity index (χ4n) is 3.54. The van der Waals surface area contributed by atoms with Gasteiger partial charge in [0, 0.05) is 17.4 Å². The van der Waals surface area contributed by atoms with Crippen LogP contribution in [0.3, 0.4) is 0 Å². The van der Waals surface area contributed by atoms with E-state index in [1.54, 1.807) is 30.3 Å². The summed E-state index contributed by atoms with van der Waals surface area (Å²) in [7, 11) is -3.75. The van der Waals surface area contributed by atoms with E-state index in [1.165, 1.54) is 12.1 Å². The van der Waals surface area contributed by atoms with E-state index in [-0.39, 0.29) is 24.1 Å². The van der Waals surface area contributed by atoms with Crippen LogP contribution in [0.5, 0.6) is 0 Å². The number of hydrogen-bond acceptors (Lipinski definition) is 4. The maximum Gasteiger partial charge on any atom is 0.258 e. The van der Waals surface area contributed by atoms with Gasteiger partial charge in [-0.2, -0.15) is 9.19 Å². The Morgan fingerprint density at radius 1 is 1.11 bits per heavy atom. The molecule has 1 N–H and O–H groups in total. The largest absolute Gasteiger partial charge is 0.317 e. The van der Waals surface area contributed by atoms with Gasteiger partial charge in [0.1, 0.15) is 5.82 Å². The first kappa shape index (κ1) is 19.8. The van der Waals surface area contributed by atoms with Crippen LogP contribution in [0.2, 0.25) is 0 Å². The lowest BCUT2D eigenvalue weighted by Crippen LogP contribution is -2.27. The van der Waals surface area contributed by atoms with Gasteiger partial charge in [0.2, 0.25) is 0 Å². The maximum absolute atomic E-state index is 13.8. The standard InChI is InChI=1S/C19H20FN3O2S.ClH/c20-16-6-7-17-18(12-16)23(22-19(17)15-8-10-21-11-9-15)26(24,25)13-14-4-2-1-3-5-14;/h1-7,12,15,21H,8-11,13H2;1H. The highest BCUT2D eigenvalue weighted by molar-refractivity contribution is 7.89. The molecule has 1 saturated heterocycles. The number of piperidine rings is 1. The molecule has 2 heterocycles. The third-order valence-corrected chi connectivity index (χ3v) is 6.33. The van der Waals surface area contributed by atoms with Gasteiger partial charge in [-0.3, -0.25) is 0 Å². The molecule has 3 aromatic rings. The zero-order valence-electron chi connectivity index (χ0n) is 14.6. The van der Waals surface area contributed by atoms with Crippen LogP contribution in [0.25, 0.3) is 10.9 Å². The number of rotatable bonds is 4. The Morgan fingerprint density at radius 2 is 1.81 bits per heavy atom. The van der Waals surface area contributed by atoms with Gasteiger partial charge in [-0.15, -0.1) is 12.4 Å². The van der Waals surface area contributed by atoms with Crippen molar-refractivity contribution in [3.63, 3.8) is 0 Å². The Hall–Kier alpha value is -1.96. The molecule has 0 radical (unpaired) electrons. The first-order valence-electron chi connectivity index (χ1n) is 8.71. The molecule has 0 amide bonds. The molecule has 5 nitrogen and oxygen atoms in total. The van der Waals surface area contributed by atoms with Crippen molar-refractivity contribution in [1.29, 1.82) is 0 Å². The van der Waals surface area contributed by atoms with Crippen LogP contribution in [0.15, 0.2) is 48.5 Å². The molecular formula is C19H21ClFN3O2S. The molecule has 0 spiro atoms. The summed E-state index contributed by atoms with van der Waals surface area (Å²) in [4.78, 5) is 0. The van der Waals surface area contributed by atoms with E-state index in [0.29, 0.717) is 11.1 Å². The molecule has 144 valence electrons. The normalized spacial score (nSPS) is 15.6. The monoisotopic (exact) mass is 409 g/mol. The van der Waals surface area contributed by atoms with Crippen molar-refractivity contribution in [1.82, 2.24) is 14.5 Å². The van der Waals surface area contributed by atoms with E-state index >= 15 is 0 Å². The van der Waals surface area contributed by atoms with Crippen molar-refractivity contribution in [3.8, 4) is 0 Å². The minimum Gasteiger partial charge on any atom is -0.317 e. The lowest BCUT2D eigenvalue weighted by molar-refractivity contribution is 0.453. The number of fused-ring (bicyclic) bond motifs is 1. The summed E-state index contributed by atoms with van der Waals surface area (Å²) in [6, 6.07) is 13.2. The summed E-state index contributed by atoms with van der Waals surface area (Å²) in [5, 5.41) is 8.47. The molecular weight excluding hydrogens is 389 g/mol. The van der Waals surface area contributed by atoms with E-state index < -0.39 is 15.8 Å². The lowest BCUT2D eigenvalue weighted by Gasteiger charge is -2.21. The molecule has 2 aromatic carbocycles. The van der Waals surface area contributed by atoms with Crippen molar-refractivity contribution >= 4 is 33.3 Å². The summed E-state index contributed by atoms with van der Waals surface area (Å²) >= 11 is 0. The van der Waals surface area contributed by atoms with Crippen molar-refractivity contribution in [2.24, 2.45) is 0 Å². The zero-order chi connectivity index (χ0) is 18.1. The van der Waals surface area contributed by atoms with Crippen LogP contribution < -0.4 is 5.32 Å². The second-order valence-electron chi connectivity index (χ2n) is 6.66. The molecule has 27 heavy (non-hydrogen) atoms. The number of nitrogens with zero attached hydrogens (tertiary/aromatic N) is 2. The molecule has 1 aromatic heterocycles. The Morgan fingerprint density at radius 3 is 2.52 bits per heavy atom. The Kier molecular flexibility index (Phi) is 5.83. The van der Waals surface area contributed by atoms with Crippen LogP contribution in [-0.4, -0.2) is 30.7 Å². The quantitative estimate of drug-likeness (QED) is 0.716. The Labute approximate surface area is 164 Å². The van der Waals surface area contributed by atoms with Crippen molar-refractivity contribution in [3.05, 3.63) is 65.6 Å². The van der Waals surface area contributed by atoms with Gasteiger partial charge in [-0.25, -0.2) is 12.8 Å². The minimum absolute atomic E-state index is 0. The molecule has 0 unspecified atom stereocenters. The Balaban J connectivity index is 0.00000210. The summed E-state index contributed by atoms with van der Waals surface area (Å²) < 4.78 is 40.8. The van der Waals surface area contributed by atoms with Crippen molar-refractivity contribution in [2.75, 3.05) is 13.1 Å². The summed E-state index contributed by atoms with van der Waals surface area (Å²) in [5.41, 5.74) is 1.74. The molecule has 0 saturated carbocycles. The topological polar surface area (TPSA) is 64.0 Å². The summed E-state index contributed by atoms with van der Waals surface area (Å²) in [6.07, 6.45) is 1.78. The SMILES string of the molecule is Cl.O=S(=O)(Cc1ccccc1)n1nc(C2CCNCC2)c2ccc(F)cc21. The number of halogens is 2. The molecule has 1 fully saturated rings. The van der Waals surface area contributed by atoms with Gasteiger partial charge in [0.25, 0.3) is 10.0 Å². The number of aromatic nitrogens is 2. The van der Waals surface area contributed by atoms with E-state index in [2.05, 4.69) is 10.4 Å². The lowest BCUT2D eigenvalue weighted by atomic mass is 9.93. The van der Waals surface area contributed by atoms with Gasteiger partial charge in [-0.05, 0) is 43.6 Å². The van der Waals surface area contributed by atoms with Crippen LogP contribution in [0.4, 0.5) is 4.39 Å². The molecule has 8 heteroatoms. The zero-order valence-corrected chi connectivity index (χ0v) is 16.3. The molecule has 0 aliphatic carbocycles. The first-order chi connectivity index (χ1) is 12.5. The van der Waals surface area contributed by atoms with Crippen LogP contribution in [0.1, 0.15) is 30.0 Å². The molecule has 0 atom stereocenters. The maximum atomic E-state index is 13.8. The second kappa shape index (κ2) is 7.96. The van der Waals surface area contributed by atoms with E-state index in [9.17, 15) is 12.8 Å². The minimum atomic E-state index is -3.75. The van der Waals surface area contributed by atoms with Crippen LogP contribution in [-0.2, 0) is 15.8 Å². The second-order valence-corrected chi connectivity index (χ2v) is 8.45. The third kappa shape index (κ3) is 4.00. The number of hydrogen-bond donors (Lipinski definition) is 1. The smallest absolute Gasteiger partial charge is 0.258 e. The van der Waals surface area contributed by atoms with Crippen molar-refractivity contribution < 1.29 is 12.8 Å². The molecule has 4 rings (SSSR count). The molecule has 1 aliphatic heterocycles.